The van der Waals surface area contributed by atoms with Gasteiger partial charge in [-0.1, -0.05) is 6.07 Å². The van der Waals surface area contributed by atoms with Gasteiger partial charge in [0.1, 0.15) is 0 Å². The molecule has 2 rings (SSSR count). The first-order valence-electron chi connectivity index (χ1n) is 6.12. The van der Waals surface area contributed by atoms with Gasteiger partial charge in [0.25, 0.3) is 0 Å². The topological polar surface area (TPSA) is 21.3 Å². The van der Waals surface area contributed by atoms with Crippen molar-refractivity contribution in [1.82, 2.24) is 5.32 Å². The number of nitrogens with one attached hydrogen (secondary N) is 1. The number of thiophene rings is 1. The predicted molar refractivity (Wildman–Crippen MR) is 68.9 cm³/mol. The third-order valence-electron chi connectivity index (χ3n) is 3.46. The molecule has 1 heterocycles. The van der Waals surface area contributed by atoms with E-state index in [0.29, 0.717) is 18.2 Å². The largest absolute Gasteiger partial charge is 0.381 e. The first kappa shape index (κ1) is 12.1. The summed E-state index contributed by atoms with van der Waals surface area (Å²) in [4.78, 5) is 1.44. The Kier molecular flexibility index (Phi) is 4.38. The van der Waals surface area contributed by atoms with Crippen molar-refractivity contribution in [3.8, 4) is 0 Å². The standard InChI is InChI=1S/C13H21NOS/c1-10(13-4-3-9-16-13)14-11-5-7-12(15-2)8-6-11/h3-4,9-12,14H,5-8H2,1-2H3/t10-,11?,12?/m1/s1. The van der Waals surface area contributed by atoms with E-state index in [1.165, 1.54) is 30.6 Å². The van der Waals surface area contributed by atoms with Crippen molar-refractivity contribution in [1.29, 1.82) is 0 Å². The minimum absolute atomic E-state index is 0.490. The Morgan fingerprint density at radius 2 is 2.12 bits per heavy atom. The zero-order valence-corrected chi connectivity index (χ0v) is 10.9. The Morgan fingerprint density at radius 1 is 1.38 bits per heavy atom. The molecule has 1 fully saturated rings. The average molecular weight is 239 g/mol. The molecular weight excluding hydrogens is 218 g/mol. The van der Waals surface area contributed by atoms with Crippen LogP contribution < -0.4 is 5.32 Å². The van der Waals surface area contributed by atoms with Gasteiger partial charge in [-0.3, -0.25) is 0 Å². The first-order valence-corrected chi connectivity index (χ1v) is 7.00. The van der Waals surface area contributed by atoms with E-state index in [1.807, 2.05) is 18.4 Å². The molecule has 1 atom stereocenters. The van der Waals surface area contributed by atoms with Crippen LogP contribution in [0.1, 0.15) is 43.5 Å². The van der Waals surface area contributed by atoms with Gasteiger partial charge < -0.3 is 10.1 Å². The number of methoxy groups -OCH3 is 1. The van der Waals surface area contributed by atoms with E-state index >= 15 is 0 Å². The van der Waals surface area contributed by atoms with E-state index in [9.17, 15) is 0 Å². The summed E-state index contributed by atoms with van der Waals surface area (Å²) < 4.78 is 5.39. The molecule has 16 heavy (non-hydrogen) atoms. The van der Waals surface area contributed by atoms with Gasteiger partial charge in [-0.15, -0.1) is 11.3 Å². The zero-order valence-electron chi connectivity index (χ0n) is 10.1. The maximum atomic E-state index is 5.39. The van der Waals surface area contributed by atoms with E-state index in [1.54, 1.807) is 0 Å². The fourth-order valence-corrected chi connectivity index (χ4v) is 3.18. The molecule has 0 aliphatic heterocycles. The van der Waals surface area contributed by atoms with E-state index in [0.717, 1.165) is 0 Å². The molecule has 1 aromatic rings. The Labute approximate surface area is 102 Å². The summed E-state index contributed by atoms with van der Waals surface area (Å²) in [5.74, 6) is 0. The fraction of sp³-hybridized carbons (Fsp3) is 0.692. The molecule has 0 saturated heterocycles. The maximum absolute atomic E-state index is 5.39. The molecule has 1 aliphatic rings. The van der Waals surface area contributed by atoms with Crippen LogP contribution in [0.3, 0.4) is 0 Å². The lowest BCUT2D eigenvalue weighted by Gasteiger charge is -2.30. The van der Waals surface area contributed by atoms with E-state index in [-0.39, 0.29) is 0 Å². The number of hydrogen-bond acceptors (Lipinski definition) is 3. The van der Waals surface area contributed by atoms with Gasteiger partial charge in [-0.05, 0) is 44.1 Å². The molecule has 0 amide bonds. The smallest absolute Gasteiger partial charge is 0.0572 e. The Balaban J connectivity index is 1.78. The third kappa shape index (κ3) is 3.06. The van der Waals surface area contributed by atoms with Crippen LogP contribution >= 0.6 is 11.3 Å². The van der Waals surface area contributed by atoms with Crippen LogP contribution in [-0.4, -0.2) is 19.3 Å². The van der Waals surface area contributed by atoms with Gasteiger partial charge in [0, 0.05) is 24.1 Å². The van der Waals surface area contributed by atoms with Crippen molar-refractivity contribution >= 4 is 11.3 Å². The highest BCUT2D eigenvalue weighted by atomic mass is 32.1. The minimum atomic E-state index is 0.490. The van der Waals surface area contributed by atoms with Gasteiger partial charge in [-0.25, -0.2) is 0 Å². The maximum Gasteiger partial charge on any atom is 0.0572 e. The molecule has 1 aromatic heterocycles. The van der Waals surface area contributed by atoms with Crippen molar-refractivity contribution in [3.63, 3.8) is 0 Å². The first-order chi connectivity index (χ1) is 7.79. The van der Waals surface area contributed by atoms with Crippen molar-refractivity contribution < 1.29 is 4.74 Å². The summed E-state index contributed by atoms with van der Waals surface area (Å²) in [6.07, 6.45) is 5.38. The van der Waals surface area contributed by atoms with Gasteiger partial charge in [-0.2, -0.15) is 0 Å². The van der Waals surface area contributed by atoms with Crippen molar-refractivity contribution in [2.24, 2.45) is 0 Å². The Bertz CT molecular complexity index is 291. The summed E-state index contributed by atoms with van der Waals surface area (Å²) in [5.41, 5.74) is 0. The molecular formula is C13H21NOS. The van der Waals surface area contributed by atoms with Crippen LogP contribution in [0.15, 0.2) is 17.5 Å². The van der Waals surface area contributed by atoms with Crippen molar-refractivity contribution in [2.45, 2.75) is 50.8 Å². The summed E-state index contributed by atoms with van der Waals surface area (Å²) in [6, 6.07) is 5.50. The lowest BCUT2D eigenvalue weighted by Crippen LogP contribution is -2.36. The molecule has 90 valence electrons. The van der Waals surface area contributed by atoms with Crippen LogP contribution in [-0.2, 0) is 4.74 Å². The molecule has 1 aliphatic carbocycles. The molecule has 1 N–H and O–H groups in total. The number of ether oxygens (including phenoxy) is 1. The fourth-order valence-electron chi connectivity index (χ4n) is 2.44. The molecule has 2 nitrogen and oxygen atoms in total. The van der Waals surface area contributed by atoms with Crippen LogP contribution in [0.25, 0.3) is 0 Å². The van der Waals surface area contributed by atoms with E-state index in [4.69, 9.17) is 4.74 Å². The van der Waals surface area contributed by atoms with E-state index in [2.05, 4.69) is 29.8 Å². The van der Waals surface area contributed by atoms with Crippen molar-refractivity contribution in [3.05, 3.63) is 22.4 Å². The minimum Gasteiger partial charge on any atom is -0.381 e. The highest BCUT2D eigenvalue weighted by molar-refractivity contribution is 7.10. The van der Waals surface area contributed by atoms with Gasteiger partial charge in [0.2, 0.25) is 0 Å². The highest BCUT2D eigenvalue weighted by Crippen LogP contribution is 2.24. The molecule has 0 radical (unpaired) electrons. The van der Waals surface area contributed by atoms with Crippen LogP contribution in [0, 0.1) is 0 Å². The van der Waals surface area contributed by atoms with Crippen LogP contribution in [0.2, 0.25) is 0 Å². The highest BCUT2D eigenvalue weighted by Gasteiger charge is 2.22. The van der Waals surface area contributed by atoms with Crippen molar-refractivity contribution in [2.75, 3.05) is 7.11 Å². The average Bonchev–Trinajstić information content (AvgIpc) is 2.83. The normalized spacial score (nSPS) is 27.9. The Hall–Kier alpha value is -0.380. The predicted octanol–water partition coefficient (Wildman–Crippen LogP) is 3.36. The third-order valence-corrected chi connectivity index (χ3v) is 4.52. The van der Waals surface area contributed by atoms with Crippen LogP contribution in [0.4, 0.5) is 0 Å². The lowest BCUT2D eigenvalue weighted by atomic mass is 9.92. The summed E-state index contributed by atoms with van der Waals surface area (Å²) in [6.45, 7) is 2.26. The quantitative estimate of drug-likeness (QED) is 0.870. The number of rotatable bonds is 4. The van der Waals surface area contributed by atoms with Crippen LogP contribution in [0.5, 0.6) is 0 Å². The SMILES string of the molecule is COC1CCC(N[C@H](C)c2cccs2)CC1. The molecule has 0 aromatic carbocycles. The second kappa shape index (κ2) is 5.80. The zero-order chi connectivity index (χ0) is 11.4. The van der Waals surface area contributed by atoms with Gasteiger partial charge in [0.05, 0.1) is 6.10 Å². The molecule has 3 heteroatoms. The molecule has 0 bridgehead atoms. The molecule has 0 spiro atoms. The molecule has 1 saturated carbocycles. The summed E-state index contributed by atoms with van der Waals surface area (Å²) in [7, 11) is 1.83. The monoisotopic (exact) mass is 239 g/mol. The molecule has 0 unspecified atom stereocenters. The van der Waals surface area contributed by atoms with Gasteiger partial charge >= 0.3 is 0 Å². The second-order valence-corrected chi connectivity index (χ2v) is 5.59. The summed E-state index contributed by atoms with van der Waals surface area (Å²) in [5, 5.41) is 5.87. The lowest BCUT2D eigenvalue weighted by molar-refractivity contribution is 0.0614. The summed E-state index contributed by atoms with van der Waals surface area (Å²) >= 11 is 1.84. The van der Waals surface area contributed by atoms with Gasteiger partial charge in [0.15, 0.2) is 0 Å². The van der Waals surface area contributed by atoms with E-state index < -0.39 is 0 Å². The Morgan fingerprint density at radius 3 is 2.69 bits per heavy atom. The second-order valence-electron chi connectivity index (χ2n) is 4.61. The number of hydrogen-bond donors (Lipinski definition) is 1.